The quantitative estimate of drug-likeness (QED) is 0.802. The van der Waals surface area contributed by atoms with Gasteiger partial charge in [-0.3, -0.25) is 0 Å². The molecule has 21 heavy (non-hydrogen) atoms. The minimum Gasteiger partial charge on any atom is -0.497 e. The van der Waals surface area contributed by atoms with E-state index in [1.54, 1.807) is 25.3 Å². The molecule has 3 aromatic rings. The van der Waals surface area contributed by atoms with Gasteiger partial charge in [-0.25, -0.2) is 9.78 Å². The maximum atomic E-state index is 11.1. The summed E-state index contributed by atoms with van der Waals surface area (Å²) in [6.45, 7) is 0. The van der Waals surface area contributed by atoms with Crippen molar-refractivity contribution < 1.29 is 14.6 Å². The zero-order chi connectivity index (χ0) is 15.0. The van der Waals surface area contributed by atoms with E-state index in [-0.39, 0.29) is 5.56 Å². The zero-order valence-electron chi connectivity index (χ0n) is 11.7. The van der Waals surface area contributed by atoms with E-state index in [0.717, 1.165) is 28.2 Å². The number of hydrogen-bond acceptors (Lipinski definition) is 3. The van der Waals surface area contributed by atoms with E-state index in [1.165, 1.54) is 0 Å². The molecular formula is C16H14N2O3. The van der Waals surface area contributed by atoms with Gasteiger partial charge in [0.1, 0.15) is 11.6 Å². The van der Waals surface area contributed by atoms with Gasteiger partial charge < -0.3 is 14.4 Å². The van der Waals surface area contributed by atoms with Crippen molar-refractivity contribution >= 4 is 17.0 Å². The zero-order valence-corrected chi connectivity index (χ0v) is 11.7. The SMILES string of the molecule is COc1ccc2c(c1)nc(-c1cccc(C(=O)O)c1)n2C. The van der Waals surface area contributed by atoms with E-state index in [1.807, 2.05) is 35.9 Å². The first-order chi connectivity index (χ1) is 10.1. The molecule has 0 aliphatic carbocycles. The molecule has 0 aliphatic heterocycles. The lowest BCUT2D eigenvalue weighted by Crippen LogP contribution is -1.98. The predicted octanol–water partition coefficient (Wildman–Crippen LogP) is 2.95. The van der Waals surface area contributed by atoms with Gasteiger partial charge in [0, 0.05) is 18.7 Å². The third kappa shape index (κ3) is 2.23. The molecular weight excluding hydrogens is 268 g/mol. The summed E-state index contributed by atoms with van der Waals surface area (Å²) >= 11 is 0. The highest BCUT2D eigenvalue weighted by Crippen LogP contribution is 2.26. The topological polar surface area (TPSA) is 64.3 Å². The molecule has 2 aromatic carbocycles. The summed E-state index contributed by atoms with van der Waals surface area (Å²) in [6.07, 6.45) is 0. The number of hydrogen-bond donors (Lipinski definition) is 1. The molecule has 0 radical (unpaired) electrons. The Balaban J connectivity index is 2.18. The molecule has 0 spiro atoms. The van der Waals surface area contributed by atoms with Crippen LogP contribution in [0.15, 0.2) is 42.5 Å². The number of carboxylic acids is 1. The summed E-state index contributed by atoms with van der Waals surface area (Å²) in [5, 5.41) is 9.09. The number of benzene rings is 2. The molecule has 0 aliphatic rings. The van der Waals surface area contributed by atoms with Gasteiger partial charge in [0.05, 0.1) is 23.7 Å². The lowest BCUT2D eigenvalue weighted by Gasteiger charge is -2.03. The van der Waals surface area contributed by atoms with Crippen LogP contribution in [0.25, 0.3) is 22.4 Å². The number of ether oxygens (including phenoxy) is 1. The molecule has 0 bridgehead atoms. The monoisotopic (exact) mass is 282 g/mol. The second-order valence-electron chi connectivity index (χ2n) is 4.74. The average molecular weight is 282 g/mol. The van der Waals surface area contributed by atoms with E-state index in [4.69, 9.17) is 9.84 Å². The third-order valence-corrected chi connectivity index (χ3v) is 3.46. The minimum absolute atomic E-state index is 0.247. The fourth-order valence-corrected chi connectivity index (χ4v) is 2.36. The Morgan fingerprint density at radius 2 is 2.05 bits per heavy atom. The highest BCUT2D eigenvalue weighted by atomic mass is 16.5. The normalized spacial score (nSPS) is 10.8. The van der Waals surface area contributed by atoms with Crippen LogP contribution in [0.2, 0.25) is 0 Å². The van der Waals surface area contributed by atoms with Crippen LogP contribution in [-0.4, -0.2) is 27.7 Å². The molecule has 5 nitrogen and oxygen atoms in total. The van der Waals surface area contributed by atoms with Gasteiger partial charge in [-0.15, -0.1) is 0 Å². The van der Waals surface area contributed by atoms with Crippen molar-refractivity contribution in [1.29, 1.82) is 0 Å². The number of imidazole rings is 1. The molecule has 0 saturated carbocycles. The van der Waals surface area contributed by atoms with Crippen LogP contribution >= 0.6 is 0 Å². The molecule has 0 unspecified atom stereocenters. The number of aromatic nitrogens is 2. The van der Waals surface area contributed by atoms with E-state index >= 15 is 0 Å². The van der Waals surface area contributed by atoms with E-state index in [2.05, 4.69) is 4.98 Å². The molecule has 1 N–H and O–H groups in total. The van der Waals surface area contributed by atoms with Crippen LogP contribution < -0.4 is 4.74 Å². The average Bonchev–Trinajstić information content (AvgIpc) is 2.84. The van der Waals surface area contributed by atoms with Crippen LogP contribution in [-0.2, 0) is 7.05 Å². The van der Waals surface area contributed by atoms with Gasteiger partial charge in [-0.2, -0.15) is 0 Å². The maximum Gasteiger partial charge on any atom is 0.335 e. The summed E-state index contributed by atoms with van der Waals surface area (Å²) in [6, 6.07) is 12.4. The Kier molecular flexibility index (Phi) is 3.10. The van der Waals surface area contributed by atoms with E-state index in [0.29, 0.717) is 0 Å². The smallest absolute Gasteiger partial charge is 0.335 e. The number of carbonyl (C=O) groups is 1. The Labute approximate surface area is 121 Å². The Morgan fingerprint density at radius 1 is 1.24 bits per heavy atom. The summed E-state index contributed by atoms with van der Waals surface area (Å²) in [4.78, 5) is 15.7. The van der Waals surface area contributed by atoms with E-state index < -0.39 is 5.97 Å². The molecule has 0 fully saturated rings. The second-order valence-corrected chi connectivity index (χ2v) is 4.74. The predicted molar refractivity (Wildman–Crippen MR) is 79.7 cm³/mol. The number of aromatic carboxylic acids is 1. The molecule has 1 heterocycles. The van der Waals surface area contributed by atoms with Gasteiger partial charge >= 0.3 is 5.97 Å². The number of nitrogens with zero attached hydrogens (tertiary/aromatic N) is 2. The van der Waals surface area contributed by atoms with Crippen LogP contribution in [0, 0.1) is 0 Å². The van der Waals surface area contributed by atoms with Crippen LogP contribution in [0.4, 0.5) is 0 Å². The Bertz CT molecular complexity index is 837. The molecule has 1 aromatic heterocycles. The van der Waals surface area contributed by atoms with Crippen molar-refractivity contribution in [1.82, 2.24) is 9.55 Å². The number of fused-ring (bicyclic) bond motifs is 1. The molecule has 106 valence electrons. The number of methoxy groups -OCH3 is 1. The number of aryl methyl sites for hydroxylation is 1. The first-order valence-electron chi connectivity index (χ1n) is 6.44. The van der Waals surface area contributed by atoms with Crippen molar-refractivity contribution in [2.24, 2.45) is 7.05 Å². The second kappa shape index (κ2) is 4.94. The Hall–Kier alpha value is -2.82. The molecule has 0 amide bonds. The largest absolute Gasteiger partial charge is 0.497 e. The minimum atomic E-state index is -0.947. The highest BCUT2D eigenvalue weighted by molar-refractivity contribution is 5.89. The van der Waals surface area contributed by atoms with Gasteiger partial charge in [0.15, 0.2) is 0 Å². The van der Waals surface area contributed by atoms with Gasteiger partial charge in [-0.05, 0) is 24.3 Å². The molecule has 3 rings (SSSR count). The van der Waals surface area contributed by atoms with Crippen molar-refractivity contribution in [3.05, 3.63) is 48.0 Å². The van der Waals surface area contributed by atoms with Gasteiger partial charge in [-0.1, -0.05) is 12.1 Å². The Morgan fingerprint density at radius 3 is 2.76 bits per heavy atom. The van der Waals surface area contributed by atoms with Crippen LogP contribution in [0.3, 0.4) is 0 Å². The first-order valence-corrected chi connectivity index (χ1v) is 6.44. The van der Waals surface area contributed by atoms with Crippen molar-refractivity contribution in [2.45, 2.75) is 0 Å². The summed E-state index contributed by atoms with van der Waals surface area (Å²) in [5.74, 6) is 0.519. The van der Waals surface area contributed by atoms with Crippen molar-refractivity contribution in [3.63, 3.8) is 0 Å². The maximum absolute atomic E-state index is 11.1. The molecule has 0 saturated heterocycles. The third-order valence-electron chi connectivity index (χ3n) is 3.46. The summed E-state index contributed by atoms with van der Waals surface area (Å²) in [7, 11) is 3.52. The van der Waals surface area contributed by atoms with Crippen LogP contribution in [0.1, 0.15) is 10.4 Å². The molecule has 0 atom stereocenters. The molecule has 5 heteroatoms. The van der Waals surface area contributed by atoms with Gasteiger partial charge in [0.2, 0.25) is 0 Å². The lowest BCUT2D eigenvalue weighted by atomic mass is 10.1. The van der Waals surface area contributed by atoms with Gasteiger partial charge in [0.25, 0.3) is 0 Å². The summed E-state index contributed by atoms with van der Waals surface area (Å²) in [5.41, 5.74) is 2.80. The fourth-order valence-electron chi connectivity index (χ4n) is 2.36. The van der Waals surface area contributed by atoms with Crippen molar-refractivity contribution in [3.8, 4) is 17.1 Å². The van der Waals surface area contributed by atoms with E-state index in [9.17, 15) is 4.79 Å². The summed E-state index contributed by atoms with van der Waals surface area (Å²) < 4.78 is 7.14. The highest BCUT2D eigenvalue weighted by Gasteiger charge is 2.12. The lowest BCUT2D eigenvalue weighted by molar-refractivity contribution is 0.0697. The van der Waals surface area contributed by atoms with Crippen LogP contribution in [0.5, 0.6) is 5.75 Å². The standard InChI is InChI=1S/C16H14N2O3/c1-18-14-7-6-12(21-2)9-13(14)17-15(18)10-4-3-5-11(8-10)16(19)20/h3-9H,1-2H3,(H,19,20). The van der Waals surface area contributed by atoms with Crippen molar-refractivity contribution in [2.75, 3.05) is 7.11 Å². The number of carboxylic acid groups (broad SMARTS) is 1. The number of rotatable bonds is 3. The fraction of sp³-hybridized carbons (Fsp3) is 0.125. The first kappa shape index (κ1) is 13.2.